The van der Waals surface area contributed by atoms with Crippen LogP contribution in [0.3, 0.4) is 0 Å². The zero-order chi connectivity index (χ0) is 14.9. The molecule has 0 radical (unpaired) electrons. The Labute approximate surface area is 124 Å². The molecular weight excluding hydrogens is 264 g/mol. The average molecular weight is 282 g/mol. The first-order valence-corrected chi connectivity index (χ1v) is 6.73. The number of phenols is 2. The van der Waals surface area contributed by atoms with E-state index in [-0.39, 0.29) is 11.5 Å². The van der Waals surface area contributed by atoms with E-state index in [9.17, 15) is 10.2 Å². The molecule has 0 amide bonds. The Morgan fingerprint density at radius 2 is 1.24 bits per heavy atom. The second-order valence-corrected chi connectivity index (χ2v) is 4.53. The largest absolute Gasteiger partial charge is 0.508 e. The number of hydrogen-bond acceptors (Lipinski definition) is 3. The molecule has 0 spiro atoms. The van der Waals surface area contributed by atoms with Crippen molar-refractivity contribution in [3.8, 4) is 11.5 Å². The molecule has 0 fully saturated rings. The Bertz CT molecular complexity index is 574. The molecule has 0 aromatic heterocycles. The van der Waals surface area contributed by atoms with Crippen molar-refractivity contribution in [3.05, 3.63) is 71.8 Å². The van der Waals surface area contributed by atoms with E-state index >= 15 is 0 Å². The third-order valence-corrected chi connectivity index (χ3v) is 2.79. The summed E-state index contributed by atoms with van der Waals surface area (Å²) >= 11 is 0. The van der Waals surface area contributed by atoms with Crippen LogP contribution >= 0.6 is 0 Å². The standard InChI is InChI=1S/C18H18O3/c19-17-9-1-5-15(13-17)7-3-11-21-12-4-8-16-6-2-10-18(20)14-16/h1-10,13-14,19-20H,11-12H2. The van der Waals surface area contributed by atoms with Gasteiger partial charge in [0, 0.05) is 0 Å². The van der Waals surface area contributed by atoms with Gasteiger partial charge in [0.1, 0.15) is 11.5 Å². The summed E-state index contributed by atoms with van der Waals surface area (Å²) in [7, 11) is 0. The summed E-state index contributed by atoms with van der Waals surface area (Å²) in [6, 6.07) is 14.1. The lowest BCUT2D eigenvalue weighted by molar-refractivity contribution is 0.195. The fraction of sp³-hybridized carbons (Fsp3) is 0.111. The average Bonchev–Trinajstić information content (AvgIpc) is 2.46. The number of phenolic OH excluding ortho intramolecular Hbond substituents is 2. The summed E-state index contributed by atoms with van der Waals surface area (Å²) in [6.07, 6.45) is 7.60. The fourth-order valence-electron chi connectivity index (χ4n) is 1.83. The molecule has 21 heavy (non-hydrogen) atoms. The van der Waals surface area contributed by atoms with Gasteiger partial charge in [-0.2, -0.15) is 0 Å². The predicted octanol–water partition coefficient (Wildman–Crippen LogP) is 3.84. The van der Waals surface area contributed by atoms with E-state index in [1.54, 1.807) is 36.4 Å². The normalized spacial score (nSPS) is 11.4. The van der Waals surface area contributed by atoms with Crippen molar-refractivity contribution < 1.29 is 14.9 Å². The molecule has 0 bridgehead atoms. The van der Waals surface area contributed by atoms with Crippen molar-refractivity contribution in [3.63, 3.8) is 0 Å². The smallest absolute Gasteiger partial charge is 0.116 e. The summed E-state index contributed by atoms with van der Waals surface area (Å²) in [6.45, 7) is 1.00. The molecule has 0 saturated carbocycles. The molecule has 0 heterocycles. The highest BCUT2D eigenvalue weighted by molar-refractivity contribution is 5.52. The van der Waals surface area contributed by atoms with E-state index in [2.05, 4.69) is 0 Å². The van der Waals surface area contributed by atoms with Crippen molar-refractivity contribution in [2.45, 2.75) is 0 Å². The molecule has 3 nitrogen and oxygen atoms in total. The van der Waals surface area contributed by atoms with Crippen molar-refractivity contribution in [1.29, 1.82) is 0 Å². The molecule has 0 aliphatic carbocycles. The van der Waals surface area contributed by atoms with Crippen LogP contribution in [0.1, 0.15) is 11.1 Å². The lowest BCUT2D eigenvalue weighted by Crippen LogP contribution is -1.90. The first-order chi connectivity index (χ1) is 10.2. The quantitative estimate of drug-likeness (QED) is 0.791. The minimum atomic E-state index is 0.257. The van der Waals surface area contributed by atoms with Crippen LogP contribution in [0.25, 0.3) is 12.2 Å². The maximum atomic E-state index is 9.32. The molecule has 108 valence electrons. The summed E-state index contributed by atoms with van der Waals surface area (Å²) in [5.41, 5.74) is 1.88. The van der Waals surface area contributed by atoms with Crippen molar-refractivity contribution in [2.24, 2.45) is 0 Å². The van der Waals surface area contributed by atoms with Gasteiger partial charge in [0.15, 0.2) is 0 Å². The van der Waals surface area contributed by atoms with Gasteiger partial charge in [-0.1, -0.05) is 48.6 Å². The lowest BCUT2D eigenvalue weighted by atomic mass is 10.2. The van der Waals surface area contributed by atoms with Crippen LogP contribution in [-0.4, -0.2) is 23.4 Å². The second kappa shape index (κ2) is 7.92. The molecule has 0 saturated heterocycles. The molecule has 0 aliphatic heterocycles. The maximum Gasteiger partial charge on any atom is 0.116 e. The molecule has 0 atom stereocenters. The Morgan fingerprint density at radius 3 is 1.67 bits per heavy atom. The topological polar surface area (TPSA) is 49.7 Å². The van der Waals surface area contributed by atoms with E-state index in [0.29, 0.717) is 13.2 Å². The molecule has 0 aliphatic rings. The van der Waals surface area contributed by atoms with E-state index in [1.807, 2.05) is 36.4 Å². The van der Waals surface area contributed by atoms with Crippen molar-refractivity contribution in [2.75, 3.05) is 13.2 Å². The van der Waals surface area contributed by atoms with Crippen LogP contribution in [0, 0.1) is 0 Å². The van der Waals surface area contributed by atoms with Crippen LogP contribution in [0.5, 0.6) is 11.5 Å². The molecular formula is C18H18O3. The number of hydrogen-bond donors (Lipinski definition) is 2. The molecule has 2 rings (SSSR count). The van der Waals surface area contributed by atoms with Gasteiger partial charge in [-0.15, -0.1) is 0 Å². The van der Waals surface area contributed by atoms with Crippen LogP contribution in [0.2, 0.25) is 0 Å². The number of ether oxygens (including phenoxy) is 1. The van der Waals surface area contributed by atoms with Gasteiger partial charge >= 0.3 is 0 Å². The Hall–Kier alpha value is -2.52. The molecule has 2 aromatic rings. The van der Waals surface area contributed by atoms with Crippen LogP contribution in [-0.2, 0) is 4.74 Å². The van der Waals surface area contributed by atoms with Gasteiger partial charge in [0.2, 0.25) is 0 Å². The van der Waals surface area contributed by atoms with Crippen LogP contribution in [0.15, 0.2) is 60.7 Å². The highest BCUT2D eigenvalue weighted by Crippen LogP contribution is 2.12. The number of rotatable bonds is 6. The molecule has 0 unspecified atom stereocenters. The molecule has 2 N–H and O–H groups in total. The van der Waals surface area contributed by atoms with Gasteiger partial charge < -0.3 is 14.9 Å². The first kappa shape index (κ1) is 14.9. The minimum absolute atomic E-state index is 0.257. The van der Waals surface area contributed by atoms with Gasteiger partial charge in [0.25, 0.3) is 0 Å². The van der Waals surface area contributed by atoms with Crippen LogP contribution in [0.4, 0.5) is 0 Å². The molecule has 3 heteroatoms. The minimum Gasteiger partial charge on any atom is -0.508 e. The maximum absolute atomic E-state index is 9.32. The van der Waals surface area contributed by atoms with Crippen LogP contribution < -0.4 is 0 Å². The highest BCUT2D eigenvalue weighted by Gasteiger charge is 1.90. The first-order valence-electron chi connectivity index (χ1n) is 6.73. The second-order valence-electron chi connectivity index (χ2n) is 4.53. The Morgan fingerprint density at radius 1 is 0.762 bits per heavy atom. The Kier molecular flexibility index (Phi) is 5.61. The highest BCUT2D eigenvalue weighted by atomic mass is 16.5. The van der Waals surface area contributed by atoms with E-state index in [4.69, 9.17) is 4.74 Å². The van der Waals surface area contributed by atoms with E-state index in [0.717, 1.165) is 11.1 Å². The monoisotopic (exact) mass is 282 g/mol. The zero-order valence-electron chi connectivity index (χ0n) is 11.6. The number of aromatic hydroxyl groups is 2. The van der Waals surface area contributed by atoms with E-state index < -0.39 is 0 Å². The third kappa shape index (κ3) is 5.55. The zero-order valence-corrected chi connectivity index (χ0v) is 11.6. The SMILES string of the molecule is Oc1cccc(C=CCOCC=Cc2cccc(O)c2)c1. The fourth-order valence-corrected chi connectivity index (χ4v) is 1.83. The van der Waals surface area contributed by atoms with Gasteiger partial charge in [-0.25, -0.2) is 0 Å². The summed E-state index contributed by atoms with van der Waals surface area (Å²) in [5.74, 6) is 0.513. The van der Waals surface area contributed by atoms with Gasteiger partial charge in [0.05, 0.1) is 13.2 Å². The van der Waals surface area contributed by atoms with Crippen molar-refractivity contribution >= 4 is 12.2 Å². The number of benzene rings is 2. The molecule has 2 aromatic carbocycles. The summed E-state index contributed by atoms with van der Waals surface area (Å²) in [4.78, 5) is 0. The van der Waals surface area contributed by atoms with E-state index in [1.165, 1.54) is 0 Å². The summed E-state index contributed by atoms with van der Waals surface area (Å²) in [5, 5.41) is 18.6. The van der Waals surface area contributed by atoms with Gasteiger partial charge in [-0.3, -0.25) is 0 Å². The third-order valence-electron chi connectivity index (χ3n) is 2.79. The van der Waals surface area contributed by atoms with Gasteiger partial charge in [-0.05, 0) is 35.4 Å². The summed E-state index contributed by atoms with van der Waals surface area (Å²) < 4.78 is 5.44. The van der Waals surface area contributed by atoms with Crippen molar-refractivity contribution in [1.82, 2.24) is 0 Å². The predicted molar refractivity (Wildman–Crippen MR) is 85.1 cm³/mol. The lowest BCUT2D eigenvalue weighted by Gasteiger charge is -1.97. The Balaban J connectivity index is 1.70.